The van der Waals surface area contributed by atoms with Gasteiger partial charge in [-0.1, -0.05) is 0 Å². The standard InChI is InChI=1S/C17H29F3N6O2S/c1-14-22-8-12-25(14)9-4-3-7-23-16(21-2)24-13-15-5-10-26(11-6-15)29(27,28)17(18,19)20/h8,12,15H,3-7,9-11,13H2,1-2H3,(H2,21,23,24). The predicted octanol–water partition coefficient (Wildman–Crippen LogP) is 1.70. The summed E-state index contributed by atoms with van der Waals surface area (Å²) in [6, 6.07) is 0. The Bertz CT molecular complexity index is 770. The van der Waals surface area contributed by atoms with Crippen molar-refractivity contribution in [2.75, 3.05) is 33.2 Å². The van der Waals surface area contributed by atoms with Crippen molar-refractivity contribution in [3.05, 3.63) is 18.2 Å². The summed E-state index contributed by atoms with van der Waals surface area (Å²) < 4.78 is 63.4. The van der Waals surface area contributed by atoms with Crippen LogP contribution < -0.4 is 10.6 Å². The van der Waals surface area contributed by atoms with Gasteiger partial charge in [-0.25, -0.2) is 13.4 Å². The van der Waals surface area contributed by atoms with Crippen molar-refractivity contribution < 1.29 is 21.6 Å². The van der Waals surface area contributed by atoms with E-state index in [1.807, 2.05) is 13.1 Å². The smallest absolute Gasteiger partial charge is 0.356 e. The van der Waals surface area contributed by atoms with Gasteiger partial charge >= 0.3 is 15.5 Å². The van der Waals surface area contributed by atoms with E-state index in [9.17, 15) is 21.6 Å². The Morgan fingerprint density at radius 1 is 1.28 bits per heavy atom. The molecular weight excluding hydrogens is 409 g/mol. The third-order valence-corrected chi connectivity index (χ3v) is 6.66. The highest BCUT2D eigenvalue weighted by Gasteiger charge is 2.50. The summed E-state index contributed by atoms with van der Waals surface area (Å²) in [5, 5.41) is 6.39. The van der Waals surface area contributed by atoms with E-state index in [2.05, 4.69) is 25.2 Å². The third kappa shape index (κ3) is 6.59. The monoisotopic (exact) mass is 438 g/mol. The largest absolute Gasteiger partial charge is 0.511 e. The number of unbranched alkanes of at least 4 members (excludes halogenated alkanes) is 1. The number of nitrogens with one attached hydrogen (secondary N) is 2. The van der Waals surface area contributed by atoms with E-state index in [0.717, 1.165) is 31.8 Å². The molecule has 0 atom stereocenters. The molecule has 0 saturated carbocycles. The summed E-state index contributed by atoms with van der Waals surface area (Å²) in [6.07, 6.45) is 6.43. The minimum absolute atomic E-state index is 0.0949. The highest BCUT2D eigenvalue weighted by atomic mass is 32.2. The molecule has 0 bridgehead atoms. The van der Waals surface area contributed by atoms with Gasteiger partial charge in [0.05, 0.1) is 0 Å². The fraction of sp³-hybridized carbons (Fsp3) is 0.765. The van der Waals surface area contributed by atoms with E-state index < -0.39 is 15.5 Å². The van der Waals surface area contributed by atoms with Crippen LogP contribution in [-0.2, 0) is 16.6 Å². The number of hydrogen-bond acceptors (Lipinski definition) is 4. The minimum atomic E-state index is -5.24. The molecule has 2 heterocycles. The molecule has 0 amide bonds. The Morgan fingerprint density at radius 2 is 1.97 bits per heavy atom. The van der Waals surface area contributed by atoms with Crippen LogP contribution in [0.25, 0.3) is 0 Å². The van der Waals surface area contributed by atoms with Gasteiger partial charge in [0.25, 0.3) is 0 Å². The Balaban J connectivity index is 1.64. The van der Waals surface area contributed by atoms with E-state index in [0.29, 0.717) is 29.7 Å². The summed E-state index contributed by atoms with van der Waals surface area (Å²) in [4.78, 5) is 8.33. The van der Waals surface area contributed by atoms with Crippen molar-refractivity contribution >= 4 is 16.0 Å². The molecule has 0 unspecified atom stereocenters. The topological polar surface area (TPSA) is 91.6 Å². The molecule has 1 saturated heterocycles. The summed E-state index contributed by atoms with van der Waals surface area (Å²) in [5.41, 5.74) is -5.24. The van der Waals surface area contributed by atoms with Gasteiger partial charge in [0.1, 0.15) is 5.82 Å². The highest BCUT2D eigenvalue weighted by Crippen LogP contribution is 2.30. The van der Waals surface area contributed by atoms with Gasteiger partial charge < -0.3 is 15.2 Å². The van der Waals surface area contributed by atoms with Crippen LogP contribution in [0.4, 0.5) is 13.2 Å². The maximum Gasteiger partial charge on any atom is 0.511 e. The molecule has 29 heavy (non-hydrogen) atoms. The predicted molar refractivity (Wildman–Crippen MR) is 105 cm³/mol. The summed E-state index contributed by atoms with van der Waals surface area (Å²) in [6.45, 7) is 3.91. The average molecular weight is 439 g/mol. The number of alkyl halides is 3. The Labute approximate surface area is 169 Å². The molecule has 12 heteroatoms. The zero-order valence-corrected chi connectivity index (χ0v) is 17.6. The first kappa shape index (κ1) is 23.5. The molecule has 2 N–H and O–H groups in total. The lowest BCUT2D eigenvalue weighted by atomic mass is 9.98. The number of halogens is 3. The number of aliphatic imine (C=N–C) groups is 1. The molecule has 0 spiro atoms. The molecule has 1 aliphatic rings. The summed E-state index contributed by atoms with van der Waals surface area (Å²) in [7, 11) is -3.57. The molecule has 0 radical (unpaired) electrons. The van der Waals surface area contributed by atoms with Crippen LogP contribution in [-0.4, -0.2) is 67.0 Å². The van der Waals surface area contributed by atoms with Gasteiger partial charge in [-0.3, -0.25) is 4.99 Å². The van der Waals surface area contributed by atoms with Crippen LogP contribution in [0.3, 0.4) is 0 Å². The number of rotatable bonds is 8. The molecule has 1 aliphatic heterocycles. The van der Waals surface area contributed by atoms with Gasteiger partial charge in [-0.05, 0) is 38.5 Å². The first-order valence-corrected chi connectivity index (χ1v) is 11.1. The van der Waals surface area contributed by atoms with E-state index >= 15 is 0 Å². The van der Waals surface area contributed by atoms with Crippen molar-refractivity contribution in [3.63, 3.8) is 0 Å². The lowest BCUT2D eigenvalue weighted by Crippen LogP contribution is -2.47. The van der Waals surface area contributed by atoms with Crippen LogP contribution in [0.2, 0.25) is 0 Å². The van der Waals surface area contributed by atoms with Crippen molar-refractivity contribution in [2.45, 2.75) is 44.7 Å². The molecular formula is C17H29F3N6O2S. The number of imidazole rings is 1. The number of sulfonamides is 1. The number of aromatic nitrogens is 2. The minimum Gasteiger partial charge on any atom is -0.356 e. The summed E-state index contributed by atoms with van der Waals surface area (Å²) >= 11 is 0. The summed E-state index contributed by atoms with van der Waals surface area (Å²) in [5.74, 6) is 1.72. The van der Waals surface area contributed by atoms with Crippen LogP contribution in [0.5, 0.6) is 0 Å². The van der Waals surface area contributed by atoms with Crippen LogP contribution in [0.1, 0.15) is 31.5 Å². The molecule has 8 nitrogen and oxygen atoms in total. The normalized spacial score (nSPS) is 17.5. The molecule has 166 valence electrons. The van der Waals surface area contributed by atoms with Crippen molar-refractivity contribution in [3.8, 4) is 0 Å². The van der Waals surface area contributed by atoms with Crippen LogP contribution in [0.15, 0.2) is 17.4 Å². The van der Waals surface area contributed by atoms with E-state index in [-0.39, 0.29) is 19.0 Å². The molecule has 1 aromatic heterocycles. The van der Waals surface area contributed by atoms with Gasteiger partial charge in [-0.2, -0.15) is 17.5 Å². The molecule has 2 rings (SSSR count). The number of guanidine groups is 1. The average Bonchev–Trinajstić information content (AvgIpc) is 3.08. The second-order valence-electron chi connectivity index (χ2n) is 7.05. The van der Waals surface area contributed by atoms with Gasteiger partial charge in [-0.15, -0.1) is 0 Å². The number of nitrogens with zero attached hydrogens (tertiary/aromatic N) is 4. The maximum atomic E-state index is 12.6. The SMILES string of the molecule is CN=C(NCCCCn1ccnc1C)NCC1CCN(S(=O)(=O)C(F)(F)F)CC1. The molecule has 0 aliphatic carbocycles. The second-order valence-corrected chi connectivity index (χ2v) is 8.98. The Hall–Kier alpha value is -1.82. The third-order valence-electron chi connectivity index (χ3n) is 5.03. The zero-order valence-electron chi connectivity index (χ0n) is 16.7. The molecule has 1 aromatic rings. The molecule has 0 aromatic carbocycles. The van der Waals surface area contributed by atoms with E-state index in [1.54, 1.807) is 13.2 Å². The number of hydrogen-bond donors (Lipinski definition) is 2. The fourth-order valence-electron chi connectivity index (χ4n) is 3.22. The second kappa shape index (κ2) is 10.3. The van der Waals surface area contributed by atoms with Crippen molar-refractivity contribution in [1.29, 1.82) is 0 Å². The lowest BCUT2D eigenvalue weighted by molar-refractivity contribution is -0.0496. The fourth-order valence-corrected chi connectivity index (χ4v) is 4.20. The van der Waals surface area contributed by atoms with Crippen LogP contribution >= 0.6 is 0 Å². The zero-order chi connectivity index (χ0) is 21.5. The lowest BCUT2D eigenvalue weighted by Gasteiger charge is -2.31. The molecule has 1 fully saturated rings. The number of aryl methyl sites for hydroxylation is 2. The Kier molecular flexibility index (Phi) is 8.32. The van der Waals surface area contributed by atoms with Crippen molar-refractivity contribution in [2.24, 2.45) is 10.9 Å². The van der Waals surface area contributed by atoms with Gasteiger partial charge in [0.15, 0.2) is 5.96 Å². The van der Waals surface area contributed by atoms with E-state index in [4.69, 9.17) is 0 Å². The van der Waals surface area contributed by atoms with Crippen molar-refractivity contribution in [1.82, 2.24) is 24.5 Å². The first-order valence-electron chi connectivity index (χ1n) is 9.64. The Morgan fingerprint density at radius 3 is 2.52 bits per heavy atom. The first-order chi connectivity index (χ1) is 13.6. The quantitative estimate of drug-likeness (QED) is 0.366. The highest BCUT2D eigenvalue weighted by molar-refractivity contribution is 7.90. The van der Waals surface area contributed by atoms with Gasteiger partial charge in [0.2, 0.25) is 0 Å². The van der Waals surface area contributed by atoms with Gasteiger partial charge in [0, 0.05) is 52.2 Å². The maximum absolute atomic E-state index is 12.6. The van der Waals surface area contributed by atoms with Crippen LogP contribution in [0, 0.1) is 12.8 Å². The number of piperidine rings is 1. The van der Waals surface area contributed by atoms with E-state index in [1.165, 1.54) is 0 Å².